The summed E-state index contributed by atoms with van der Waals surface area (Å²) in [6, 6.07) is 2.01. The lowest BCUT2D eigenvalue weighted by molar-refractivity contribution is -0.149. The highest BCUT2D eigenvalue weighted by Gasteiger charge is 2.37. The minimum atomic E-state index is -4.62. The Morgan fingerprint density at radius 2 is 1.76 bits per heavy atom. The Morgan fingerprint density at radius 3 is 2.24 bits per heavy atom. The number of hydrogen-bond donors (Lipinski definition) is 1. The van der Waals surface area contributed by atoms with E-state index in [0.29, 0.717) is 0 Å². The molecule has 1 atom stereocenters. The quantitative estimate of drug-likeness (QED) is 0.861. The van der Waals surface area contributed by atoms with Crippen LogP contribution in [0.2, 0.25) is 0 Å². The standard InChI is InChI=1S/C9H8F5NO.ClH/c10-8(11)16-6-3-1-2-5(4-6)7(15)9(12,13)14;/h1-4,7-8H,15H2;1H/t7-;/m1./s1. The Hall–Kier alpha value is -1.08. The second kappa shape index (κ2) is 6.02. The molecule has 0 amide bonds. The van der Waals surface area contributed by atoms with E-state index >= 15 is 0 Å². The Labute approximate surface area is 100.0 Å². The van der Waals surface area contributed by atoms with Crippen LogP contribution in [0.15, 0.2) is 24.3 Å². The molecule has 1 aromatic rings. The number of benzene rings is 1. The summed E-state index contributed by atoms with van der Waals surface area (Å²) in [4.78, 5) is 0. The van der Waals surface area contributed by atoms with Gasteiger partial charge in [0.05, 0.1) is 0 Å². The van der Waals surface area contributed by atoms with Crippen LogP contribution < -0.4 is 10.5 Å². The maximum atomic E-state index is 12.2. The zero-order valence-electron chi connectivity index (χ0n) is 8.25. The lowest BCUT2D eigenvalue weighted by atomic mass is 10.1. The molecule has 0 fully saturated rings. The van der Waals surface area contributed by atoms with Gasteiger partial charge < -0.3 is 10.5 Å². The lowest BCUT2D eigenvalue weighted by Gasteiger charge is -2.16. The molecule has 17 heavy (non-hydrogen) atoms. The summed E-state index contributed by atoms with van der Waals surface area (Å²) >= 11 is 0. The molecule has 0 aromatic heterocycles. The summed E-state index contributed by atoms with van der Waals surface area (Å²) in [5, 5.41) is 0. The van der Waals surface area contributed by atoms with E-state index in [4.69, 9.17) is 5.73 Å². The molecule has 1 aromatic carbocycles. The number of alkyl halides is 5. The van der Waals surface area contributed by atoms with Crippen LogP contribution in [0.5, 0.6) is 5.75 Å². The molecule has 0 aliphatic rings. The van der Waals surface area contributed by atoms with E-state index in [9.17, 15) is 22.0 Å². The van der Waals surface area contributed by atoms with Crippen molar-refractivity contribution >= 4 is 12.4 Å². The molecule has 0 saturated heterocycles. The molecule has 98 valence electrons. The van der Waals surface area contributed by atoms with E-state index in [2.05, 4.69) is 4.74 Å². The van der Waals surface area contributed by atoms with Gasteiger partial charge >= 0.3 is 12.8 Å². The van der Waals surface area contributed by atoms with Crippen LogP contribution in [0.3, 0.4) is 0 Å². The molecule has 0 aliphatic heterocycles. The molecule has 0 radical (unpaired) electrons. The van der Waals surface area contributed by atoms with Crippen molar-refractivity contribution in [2.75, 3.05) is 0 Å². The summed E-state index contributed by atoms with van der Waals surface area (Å²) in [7, 11) is 0. The van der Waals surface area contributed by atoms with Gasteiger partial charge in [0.25, 0.3) is 0 Å². The lowest BCUT2D eigenvalue weighted by Crippen LogP contribution is -2.28. The van der Waals surface area contributed by atoms with Crippen LogP contribution in [-0.2, 0) is 0 Å². The maximum Gasteiger partial charge on any atom is 0.407 e. The highest BCUT2D eigenvalue weighted by atomic mass is 35.5. The summed E-state index contributed by atoms with van der Waals surface area (Å²) < 4.78 is 64.2. The Balaban J connectivity index is 0.00000256. The summed E-state index contributed by atoms with van der Waals surface area (Å²) in [5.41, 5.74) is 4.58. The van der Waals surface area contributed by atoms with Crippen LogP contribution in [0.4, 0.5) is 22.0 Å². The Bertz CT molecular complexity index is 357. The van der Waals surface area contributed by atoms with Gasteiger partial charge in [-0.15, -0.1) is 12.4 Å². The average Bonchev–Trinajstić information content (AvgIpc) is 2.14. The summed E-state index contributed by atoms with van der Waals surface area (Å²) in [6.45, 7) is -3.09. The van der Waals surface area contributed by atoms with Crippen LogP contribution in [0, 0.1) is 0 Å². The molecule has 0 unspecified atom stereocenters. The third-order valence-electron chi connectivity index (χ3n) is 1.80. The Morgan fingerprint density at radius 1 is 1.18 bits per heavy atom. The molecule has 2 nitrogen and oxygen atoms in total. The second-order valence-electron chi connectivity index (χ2n) is 2.97. The molecule has 0 saturated carbocycles. The minimum Gasteiger partial charge on any atom is -0.435 e. The summed E-state index contributed by atoms with van der Waals surface area (Å²) in [5.74, 6) is -0.354. The van der Waals surface area contributed by atoms with Crippen LogP contribution in [0.1, 0.15) is 11.6 Å². The first-order valence-electron chi connectivity index (χ1n) is 4.18. The predicted molar refractivity (Wildman–Crippen MR) is 53.3 cm³/mol. The molecule has 0 heterocycles. The number of ether oxygens (including phenoxy) is 1. The highest BCUT2D eigenvalue weighted by molar-refractivity contribution is 5.85. The SMILES string of the molecule is Cl.N[C@H](c1cccc(OC(F)F)c1)C(F)(F)F. The third kappa shape index (κ3) is 4.74. The first-order valence-corrected chi connectivity index (χ1v) is 4.18. The molecule has 2 N–H and O–H groups in total. The number of nitrogens with two attached hydrogens (primary N) is 1. The van der Waals surface area contributed by atoms with E-state index in [1.807, 2.05) is 0 Å². The smallest absolute Gasteiger partial charge is 0.407 e. The first kappa shape index (κ1) is 15.9. The van der Waals surface area contributed by atoms with E-state index in [1.54, 1.807) is 0 Å². The average molecular weight is 278 g/mol. The fourth-order valence-electron chi connectivity index (χ4n) is 1.07. The predicted octanol–water partition coefficient (Wildman–Crippen LogP) is 3.27. The van der Waals surface area contributed by atoms with Gasteiger partial charge in [0.2, 0.25) is 0 Å². The molecule has 0 bridgehead atoms. The highest BCUT2D eigenvalue weighted by Crippen LogP contribution is 2.31. The second-order valence-corrected chi connectivity index (χ2v) is 2.97. The van der Waals surface area contributed by atoms with Gasteiger partial charge in [0.15, 0.2) is 0 Å². The third-order valence-corrected chi connectivity index (χ3v) is 1.80. The zero-order valence-corrected chi connectivity index (χ0v) is 9.06. The van der Waals surface area contributed by atoms with Crippen molar-refractivity contribution in [1.29, 1.82) is 0 Å². The molecular weight excluding hydrogens is 269 g/mol. The largest absolute Gasteiger partial charge is 0.435 e. The molecule has 0 spiro atoms. The van der Waals surface area contributed by atoms with Crippen molar-refractivity contribution in [3.63, 3.8) is 0 Å². The van der Waals surface area contributed by atoms with Crippen molar-refractivity contribution in [3.8, 4) is 5.75 Å². The van der Waals surface area contributed by atoms with Crippen LogP contribution >= 0.6 is 12.4 Å². The van der Waals surface area contributed by atoms with Crippen molar-refractivity contribution in [1.82, 2.24) is 0 Å². The maximum absolute atomic E-state index is 12.2. The number of halogens is 6. The van der Waals surface area contributed by atoms with E-state index < -0.39 is 18.8 Å². The molecule has 1 rings (SSSR count). The minimum absolute atomic E-state index is 0. The van der Waals surface area contributed by atoms with Gasteiger partial charge in [-0.2, -0.15) is 22.0 Å². The van der Waals surface area contributed by atoms with Gasteiger partial charge in [0.1, 0.15) is 11.8 Å². The van der Waals surface area contributed by atoms with Crippen LogP contribution in [-0.4, -0.2) is 12.8 Å². The van der Waals surface area contributed by atoms with Gasteiger partial charge in [-0.25, -0.2) is 0 Å². The number of rotatable bonds is 3. The van der Waals surface area contributed by atoms with Crippen LogP contribution in [0.25, 0.3) is 0 Å². The van der Waals surface area contributed by atoms with E-state index in [0.717, 1.165) is 18.2 Å². The van der Waals surface area contributed by atoms with Crippen molar-refractivity contribution in [2.24, 2.45) is 5.73 Å². The topological polar surface area (TPSA) is 35.2 Å². The summed E-state index contributed by atoms with van der Waals surface area (Å²) in [6.07, 6.45) is -4.62. The fourth-order valence-corrected chi connectivity index (χ4v) is 1.07. The Kier molecular flexibility index (Phi) is 5.63. The van der Waals surface area contributed by atoms with Gasteiger partial charge in [-0.3, -0.25) is 0 Å². The van der Waals surface area contributed by atoms with E-state index in [-0.39, 0.29) is 23.7 Å². The van der Waals surface area contributed by atoms with Crippen molar-refractivity contribution < 1.29 is 26.7 Å². The van der Waals surface area contributed by atoms with Gasteiger partial charge in [-0.1, -0.05) is 12.1 Å². The first-order chi connectivity index (χ1) is 7.30. The van der Waals surface area contributed by atoms with Gasteiger partial charge in [0, 0.05) is 0 Å². The number of hydrogen-bond acceptors (Lipinski definition) is 2. The molecular formula is C9H9ClF5NO. The zero-order chi connectivity index (χ0) is 12.3. The van der Waals surface area contributed by atoms with Crippen molar-refractivity contribution in [2.45, 2.75) is 18.8 Å². The van der Waals surface area contributed by atoms with Gasteiger partial charge in [-0.05, 0) is 17.7 Å². The monoisotopic (exact) mass is 277 g/mol. The van der Waals surface area contributed by atoms with Crippen molar-refractivity contribution in [3.05, 3.63) is 29.8 Å². The molecule has 0 aliphatic carbocycles. The molecule has 8 heteroatoms. The van der Waals surface area contributed by atoms with E-state index in [1.165, 1.54) is 6.07 Å². The normalized spacial score (nSPS) is 13.1. The fraction of sp³-hybridized carbons (Fsp3) is 0.333.